The van der Waals surface area contributed by atoms with E-state index in [1.165, 1.54) is 29.2 Å². The highest BCUT2D eigenvalue weighted by molar-refractivity contribution is 6.14. The van der Waals surface area contributed by atoms with Crippen LogP contribution >= 0.6 is 0 Å². The molecule has 0 saturated carbocycles. The molecule has 0 saturated heterocycles. The normalized spacial score (nSPS) is 14.5. The van der Waals surface area contributed by atoms with Gasteiger partial charge in [-0.2, -0.15) is 18.3 Å². The lowest BCUT2D eigenvalue weighted by Gasteiger charge is -2.21. The average molecular weight is 523 g/mol. The highest BCUT2D eigenvalue weighted by atomic mass is 19.4. The van der Waals surface area contributed by atoms with E-state index in [4.69, 9.17) is 0 Å². The van der Waals surface area contributed by atoms with Crippen LogP contribution in [-0.4, -0.2) is 21.6 Å². The Morgan fingerprint density at radius 2 is 1.71 bits per heavy atom. The van der Waals surface area contributed by atoms with Gasteiger partial charge >= 0.3 is 6.18 Å². The summed E-state index contributed by atoms with van der Waals surface area (Å²) in [7, 11) is 1.73. The molecule has 6 nitrogen and oxygen atoms in total. The largest absolute Gasteiger partial charge is 0.417 e. The molecule has 0 aliphatic carbocycles. The number of nitrogens with zero attached hydrogens (tertiary/aromatic N) is 3. The number of hydrogen-bond acceptors (Lipinski definition) is 3. The average Bonchev–Trinajstić information content (AvgIpc) is 3.37. The maximum Gasteiger partial charge on any atom is 0.417 e. The van der Waals surface area contributed by atoms with Gasteiger partial charge in [-0.1, -0.05) is 18.2 Å². The Morgan fingerprint density at radius 3 is 2.34 bits per heavy atom. The Morgan fingerprint density at radius 1 is 1.00 bits per heavy atom. The molecule has 1 aromatic heterocycles. The first-order valence-electron chi connectivity index (χ1n) is 11.6. The van der Waals surface area contributed by atoms with Crippen LogP contribution in [0, 0.1) is 5.82 Å². The van der Waals surface area contributed by atoms with Crippen molar-refractivity contribution in [3.8, 4) is 11.1 Å². The highest BCUT2D eigenvalue weighted by Crippen LogP contribution is 2.49. The summed E-state index contributed by atoms with van der Waals surface area (Å²) in [5, 5.41) is 6.76. The minimum atomic E-state index is -4.79. The van der Waals surface area contributed by atoms with Crippen LogP contribution in [0.5, 0.6) is 0 Å². The van der Waals surface area contributed by atoms with E-state index in [1.807, 2.05) is 0 Å². The van der Waals surface area contributed by atoms with Crippen molar-refractivity contribution in [2.75, 3.05) is 10.2 Å². The zero-order valence-corrected chi connectivity index (χ0v) is 20.6. The molecule has 3 aromatic carbocycles. The lowest BCUT2D eigenvalue weighted by molar-refractivity contribution is -0.137. The van der Waals surface area contributed by atoms with Crippen molar-refractivity contribution in [2.45, 2.75) is 25.4 Å². The molecule has 2 heterocycles. The Kier molecular flexibility index (Phi) is 5.85. The number of carbonyl (C=O) groups is 2. The molecular weight excluding hydrogens is 500 g/mol. The molecule has 0 atom stereocenters. The molecule has 38 heavy (non-hydrogen) atoms. The summed E-state index contributed by atoms with van der Waals surface area (Å²) in [6.45, 7) is 3.49. The second-order valence-corrected chi connectivity index (χ2v) is 9.53. The first-order chi connectivity index (χ1) is 17.9. The number of carbonyl (C=O) groups excluding carboxylic acids is 2. The van der Waals surface area contributed by atoms with Gasteiger partial charge in [-0.25, -0.2) is 4.39 Å². The lowest BCUT2D eigenvalue weighted by Crippen LogP contribution is -2.33. The van der Waals surface area contributed by atoms with Crippen molar-refractivity contribution in [3.05, 3.63) is 95.4 Å². The monoisotopic (exact) mass is 522 g/mol. The number of alkyl halides is 3. The Labute approximate surface area is 215 Å². The van der Waals surface area contributed by atoms with Crippen LogP contribution in [-0.2, 0) is 23.4 Å². The quantitative estimate of drug-likeness (QED) is 0.313. The molecule has 0 radical (unpaired) electrons. The summed E-state index contributed by atoms with van der Waals surface area (Å²) in [5.74, 6) is -1.35. The maximum atomic E-state index is 13.9. The fourth-order valence-corrected chi connectivity index (χ4v) is 4.75. The molecule has 0 spiro atoms. The SMILES string of the molecule is Cn1ccc(N2C(=O)C(C)(C)c3c(-c4ccc(C(F)(F)F)c(C(=O)Nc5ccc(F)cc5)c4)cccc32)n1. The Hall–Kier alpha value is -4.47. The summed E-state index contributed by atoms with van der Waals surface area (Å²) in [6.07, 6.45) is -3.09. The predicted molar refractivity (Wildman–Crippen MR) is 135 cm³/mol. The second kappa shape index (κ2) is 8.83. The van der Waals surface area contributed by atoms with Gasteiger partial charge in [0, 0.05) is 25.0 Å². The van der Waals surface area contributed by atoms with Gasteiger partial charge in [0.25, 0.3) is 5.91 Å². The van der Waals surface area contributed by atoms with Crippen LogP contribution in [0.25, 0.3) is 11.1 Å². The fourth-order valence-electron chi connectivity index (χ4n) is 4.75. The van der Waals surface area contributed by atoms with E-state index in [2.05, 4.69) is 10.4 Å². The minimum absolute atomic E-state index is 0.147. The first-order valence-corrected chi connectivity index (χ1v) is 11.6. The van der Waals surface area contributed by atoms with Crippen LogP contribution in [0.3, 0.4) is 0 Å². The standard InChI is InChI=1S/C28H22F4N4O2/c1-27(2)24-19(5-4-6-22(24)36(26(27)38)23-13-14-35(3)34-23)16-7-12-21(28(30,31)32)20(15-16)25(37)33-18-10-8-17(29)9-11-18/h4-15H,1-3H3,(H,33,37). The molecule has 10 heteroatoms. The van der Waals surface area contributed by atoms with E-state index in [-0.39, 0.29) is 11.6 Å². The van der Waals surface area contributed by atoms with Crippen LogP contribution < -0.4 is 10.2 Å². The van der Waals surface area contributed by atoms with E-state index in [0.717, 1.165) is 18.2 Å². The van der Waals surface area contributed by atoms with E-state index in [1.54, 1.807) is 56.0 Å². The van der Waals surface area contributed by atoms with Gasteiger partial charge < -0.3 is 5.32 Å². The lowest BCUT2D eigenvalue weighted by atomic mass is 9.81. The summed E-state index contributed by atoms with van der Waals surface area (Å²) >= 11 is 0. The second-order valence-electron chi connectivity index (χ2n) is 9.53. The number of hydrogen-bond donors (Lipinski definition) is 1. The number of rotatable bonds is 4. The molecule has 194 valence electrons. The van der Waals surface area contributed by atoms with Crippen molar-refractivity contribution in [1.29, 1.82) is 0 Å². The molecule has 0 fully saturated rings. The van der Waals surface area contributed by atoms with Gasteiger partial charge in [-0.3, -0.25) is 19.2 Å². The third-order valence-corrected chi connectivity index (χ3v) is 6.56. The molecule has 1 aliphatic heterocycles. The van der Waals surface area contributed by atoms with Crippen molar-refractivity contribution in [2.24, 2.45) is 7.05 Å². The summed E-state index contributed by atoms with van der Waals surface area (Å²) < 4.78 is 56.5. The number of aromatic nitrogens is 2. The molecule has 2 amide bonds. The number of aryl methyl sites for hydroxylation is 1. The summed E-state index contributed by atoms with van der Waals surface area (Å²) in [6, 6.07) is 14.9. The van der Waals surface area contributed by atoms with E-state index in [0.29, 0.717) is 28.2 Å². The number of benzene rings is 3. The molecule has 5 rings (SSSR count). The van der Waals surface area contributed by atoms with Crippen LogP contribution in [0.1, 0.15) is 35.3 Å². The van der Waals surface area contributed by atoms with Crippen LogP contribution in [0.15, 0.2) is 72.9 Å². The van der Waals surface area contributed by atoms with Gasteiger partial charge in [-0.05, 0) is 73.0 Å². The molecule has 4 aromatic rings. The van der Waals surface area contributed by atoms with Crippen molar-refractivity contribution < 1.29 is 27.2 Å². The van der Waals surface area contributed by atoms with E-state index in [9.17, 15) is 27.2 Å². The topological polar surface area (TPSA) is 67.2 Å². The van der Waals surface area contributed by atoms with Gasteiger partial charge in [0.15, 0.2) is 5.82 Å². The Bertz CT molecular complexity index is 1570. The smallest absolute Gasteiger partial charge is 0.322 e. The molecule has 0 bridgehead atoms. The molecule has 1 aliphatic rings. The van der Waals surface area contributed by atoms with E-state index >= 15 is 0 Å². The predicted octanol–water partition coefficient (Wildman–Crippen LogP) is 6.45. The summed E-state index contributed by atoms with van der Waals surface area (Å²) in [5.41, 5.74) is -0.559. The minimum Gasteiger partial charge on any atom is -0.322 e. The Balaban J connectivity index is 1.64. The molecular formula is C28H22F4N4O2. The number of halogens is 4. The third kappa shape index (κ3) is 4.21. The molecule has 0 unspecified atom stereocenters. The van der Waals surface area contributed by atoms with Crippen molar-refractivity contribution in [1.82, 2.24) is 9.78 Å². The van der Waals surface area contributed by atoms with Gasteiger partial charge in [0.05, 0.1) is 22.2 Å². The highest BCUT2D eigenvalue weighted by Gasteiger charge is 2.47. The third-order valence-electron chi connectivity index (χ3n) is 6.56. The first kappa shape index (κ1) is 25.2. The van der Waals surface area contributed by atoms with E-state index < -0.39 is 34.4 Å². The van der Waals surface area contributed by atoms with Crippen LogP contribution in [0.4, 0.5) is 34.8 Å². The number of anilines is 3. The van der Waals surface area contributed by atoms with Crippen molar-refractivity contribution >= 4 is 29.0 Å². The van der Waals surface area contributed by atoms with Gasteiger partial charge in [-0.15, -0.1) is 0 Å². The zero-order chi connectivity index (χ0) is 27.4. The number of amides is 2. The number of fused-ring (bicyclic) bond motifs is 1. The van der Waals surface area contributed by atoms with Gasteiger partial charge in [0.2, 0.25) is 5.91 Å². The van der Waals surface area contributed by atoms with Crippen molar-refractivity contribution in [3.63, 3.8) is 0 Å². The van der Waals surface area contributed by atoms with Gasteiger partial charge in [0.1, 0.15) is 5.82 Å². The number of nitrogens with one attached hydrogen (secondary N) is 1. The molecule has 1 N–H and O–H groups in total. The fraction of sp³-hybridized carbons (Fsp3) is 0.179. The van der Waals surface area contributed by atoms with Crippen LogP contribution in [0.2, 0.25) is 0 Å². The summed E-state index contributed by atoms with van der Waals surface area (Å²) in [4.78, 5) is 28.0. The maximum absolute atomic E-state index is 13.9. The zero-order valence-electron chi connectivity index (χ0n) is 20.6.